The Morgan fingerprint density at radius 3 is 2.45 bits per heavy atom. The highest BCUT2D eigenvalue weighted by Crippen LogP contribution is 2.33. The van der Waals surface area contributed by atoms with Crippen LogP contribution >= 0.6 is 0 Å². The number of imidazole rings is 1. The van der Waals surface area contributed by atoms with Gasteiger partial charge in [0.25, 0.3) is 0 Å². The van der Waals surface area contributed by atoms with Crippen molar-refractivity contribution in [3.63, 3.8) is 0 Å². The van der Waals surface area contributed by atoms with Crippen molar-refractivity contribution in [2.45, 2.75) is 45.4 Å². The van der Waals surface area contributed by atoms with Crippen molar-refractivity contribution >= 4 is 16.9 Å². The number of piperazine rings is 1. The molecule has 2 aromatic rings. The monoisotopic (exact) mass is 424 g/mol. The fourth-order valence-corrected chi connectivity index (χ4v) is 5.20. The van der Waals surface area contributed by atoms with Gasteiger partial charge < -0.3 is 10.0 Å². The zero-order valence-corrected chi connectivity index (χ0v) is 18.5. The Labute approximate surface area is 183 Å². The van der Waals surface area contributed by atoms with Crippen molar-refractivity contribution < 1.29 is 9.90 Å². The van der Waals surface area contributed by atoms with E-state index >= 15 is 0 Å². The molecule has 0 spiro atoms. The molecule has 1 saturated heterocycles. The molecule has 1 aromatic carbocycles. The van der Waals surface area contributed by atoms with Gasteiger partial charge in [-0.2, -0.15) is 0 Å². The van der Waals surface area contributed by atoms with Gasteiger partial charge in [0.2, 0.25) is 5.91 Å². The molecule has 7 heteroatoms. The maximum atomic E-state index is 12.8. The highest BCUT2D eigenvalue weighted by Gasteiger charge is 2.32. The molecule has 1 aromatic heterocycles. The number of terminal acetylenes is 1. The van der Waals surface area contributed by atoms with Crippen LogP contribution in [-0.2, 0) is 18.4 Å². The van der Waals surface area contributed by atoms with Crippen LogP contribution in [0.15, 0.2) is 23.0 Å². The molecule has 2 heterocycles. The fourth-order valence-electron chi connectivity index (χ4n) is 5.20. The van der Waals surface area contributed by atoms with E-state index in [1.165, 1.54) is 0 Å². The number of aromatic nitrogens is 2. The van der Waals surface area contributed by atoms with Crippen LogP contribution in [0.5, 0.6) is 0 Å². The van der Waals surface area contributed by atoms with Gasteiger partial charge in [-0.25, -0.2) is 4.79 Å². The van der Waals surface area contributed by atoms with Gasteiger partial charge in [-0.3, -0.25) is 18.8 Å². The molecule has 1 amide bonds. The quantitative estimate of drug-likeness (QED) is 0.757. The summed E-state index contributed by atoms with van der Waals surface area (Å²) < 4.78 is 3.55. The third kappa shape index (κ3) is 4.28. The average molecular weight is 425 g/mol. The summed E-state index contributed by atoms with van der Waals surface area (Å²) in [7, 11) is 1.80. The van der Waals surface area contributed by atoms with Crippen LogP contribution in [-0.4, -0.2) is 62.4 Å². The summed E-state index contributed by atoms with van der Waals surface area (Å²) in [6.45, 7) is 5.11. The number of carbonyl (C=O) groups excluding carboxylic acids is 1. The van der Waals surface area contributed by atoms with Gasteiger partial charge in [0, 0.05) is 52.3 Å². The second-order valence-electron chi connectivity index (χ2n) is 9.04. The molecular formula is C24H32N4O3. The third-order valence-corrected chi connectivity index (χ3v) is 7.20. The van der Waals surface area contributed by atoms with Gasteiger partial charge in [0.05, 0.1) is 11.0 Å². The summed E-state index contributed by atoms with van der Waals surface area (Å²) in [5, 5.41) is 10.9. The van der Waals surface area contributed by atoms with E-state index in [1.807, 2.05) is 27.7 Å². The van der Waals surface area contributed by atoms with Gasteiger partial charge in [-0.05, 0) is 55.7 Å². The third-order valence-electron chi connectivity index (χ3n) is 7.20. The lowest BCUT2D eigenvalue weighted by Crippen LogP contribution is -2.53. The molecule has 0 radical (unpaired) electrons. The number of carbonyl (C=O) groups is 1. The van der Waals surface area contributed by atoms with E-state index in [2.05, 4.69) is 10.8 Å². The van der Waals surface area contributed by atoms with Crippen molar-refractivity contribution in [2.24, 2.45) is 18.9 Å². The van der Waals surface area contributed by atoms with Crippen molar-refractivity contribution in [3.8, 4) is 12.3 Å². The first kappa shape index (κ1) is 21.7. The van der Waals surface area contributed by atoms with Gasteiger partial charge in [-0.15, -0.1) is 6.42 Å². The van der Waals surface area contributed by atoms with E-state index in [0.717, 1.165) is 55.4 Å². The lowest BCUT2D eigenvalue weighted by molar-refractivity contribution is -0.134. The summed E-state index contributed by atoms with van der Waals surface area (Å²) >= 11 is 0. The van der Waals surface area contributed by atoms with Crippen molar-refractivity contribution in [3.05, 3.63) is 34.2 Å². The zero-order chi connectivity index (χ0) is 22.1. The van der Waals surface area contributed by atoms with Crippen LogP contribution in [0, 0.1) is 24.2 Å². The van der Waals surface area contributed by atoms with Crippen LogP contribution in [0.25, 0.3) is 11.0 Å². The topological polar surface area (TPSA) is 70.7 Å². The first-order chi connectivity index (χ1) is 14.9. The number of benzene rings is 1. The minimum absolute atomic E-state index is 0.00493. The Morgan fingerprint density at radius 1 is 1.16 bits per heavy atom. The van der Waals surface area contributed by atoms with E-state index in [9.17, 15) is 14.7 Å². The molecular weight excluding hydrogens is 392 g/mol. The highest BCUT2D eigenvalue weighted by atomic mass is 16.3. The summed E-state index contributed by atoms with van der Waals surface area (Å²) in [5.41, 5.74) is 2.57. The second kappa shape index (κ2) is 8.89. The molecule has 1 unspecified atom stereocenters. The molecule has 1 saturated carbocycles. The van der Waals surface area contributed by atoms with E-state index in [4.69, 9.17) is 6.42 Å². The smallest absolute Gasteiger partial charge is 0.328 e. The molecule has 0 bridgehead atoms. The molecule has 1 aliphatic carbocycles. The molecule has 7 nitrogen and oxygen atoms in total. The van der Waals surface area contributed by atoms with Gasteiger partial charge in [0.15, 0.2) is 0 Å². The summed E-state index contributed by atoms with van der Waals surface area (Å²) in [4.78, 5) is 28.3. The molecule has 1 aliphatic heterocycles. The first-order valence-electron chi connectivity index (χ1n) is 11.2. The number of aryl methyl sites for hydroxylation is 1. The van der Waals surface area contributed by atoms with E-state index < -0.39 is 6.23 Å². The average Bonchev–Trinajstić information content (AvgIpc) is 3.03. The Bertz CT molecular complexity index is 1050. The molecule has 166 valence electrons. The van der Waals surface area contributed by atoms with Gasteiger partial charge in [0.1, 0.15) is 6.23 Å². The van der Waals surface area contributed by atoms with Gasteiger partial charge >= 0.3 is 5.69 Å². The van der Waals surface area contributed by atoms with E-state index in [0.29, 0.717) is 25.6 Å². The Kier molecular flexibility index (Phi) is 6.22. The number of hydrogen-bond acceptors (Lipinski definition) is 4. The Balaban J connectivity index is 1.38. The number of fused-ring (bicyclic) bond motifs is 1. The van der Waals surface area contributed by atoms with Crippen LogP contribution in [0.3, 0.4) is 0 Å². The lowest BCUT2D eigenvalue weighted by Gasteiger charge is -2.41. The fraction of sp³-hybridized carbons (Fsp3) is 0.583. The highest BCUT2D eigenvalue weighted by molar-refractivity contribution is 5.78. The lowest BCUT2D eigenvalue weighted by atomic mass is 9.80. The minimum Gasteiger partial charge on any atom is -0.378 e. The second-order valence-corrected chi connectivity index (χ2v) is 9.04. The predicted molar refractivity (Wildman–Crippen MR) is 120 cm³/mol. The first-order valence-corrected chi connectivity index (χ1v) is 11.2. The van der Waals surface area contributed by atoms with Crippen LogP contribution in [0.2, 0.25) is 0 Å². The molecule has 2 fully saturated rings. The maximum Gasteiger partial charge on any atom is 0.328 e. The molecule has 2 aliphatic rings. The van der Waals surface area contributed by atoms with Crippen LogP contribution in [0.1, 0.15) is 38.2 Å². The van der Waals surface area contributed by atoms with E-state index in [1.54, 1.807) is 18.5 Å². The van der Waals surface area contributed by atoms with Crippen LogP contribution in [0.4, 0.5) is 0 Å². The Morgan fingerprint density at radius 2 is 1.84 bits per heavy atom. The number of aliphatic hydroxyl groups is 1. The summed E-state index contributed by atoms with van der Waals surface area (Å²) in [5.74, 6) is 3.42. The number of aliphatic hydroxyl groups excluding tert-OH is 1. The summed E-state index contributed by atoms with van der Waals surface area (Å²) in [6.07, 6.45) is 9.00. The largest absolute Gasteiger partial charge is 0.378 e. The standard InChI is InChI=1S/C24H32N4O3/c1-4-18-7-10-21-22(15-18)28(24(31)25(21)3)16-19-5-8-20(9-6-19)23(30)27-13-11-26(12-14-27)17(2)29/h1,7,10,15,19-20,23,30H,5-6,8-9,11-14,16H2,2-3H3. The molecule has 1 N–H and O–H groups in total. The molecule has 1 atom stereocenters. The van der Waals surface area contributed by atoms with Crippen molar-refractivity contribution in [1.82, 2.24) is 18.9 Å². The van der Waals surface area contributed by atoms with E-state index in [-0.39, 0.29) is 17.5 Å². The molecule has 4 rings (SSSR count). The molecule has 31 heavy (non-hydrogen) atoms. The Hall–Kier alpha value is -2.56. The summed E-state index contributed by atoms with van der Waals surface area (Å²) in [6, 6.07) is 5.71. The number of nitrogens with zero attached hydrogens (tertiary/aromatic N) is 4. The maximum absolute atomic E-state index is 12.8. The van der Waals surface area contributed by atoms with Crippen molar-refractivity contribution in [1.29, 1.82) is 0 Å². The normalized spacial score (nSPS) is 23.6. The number of amides is 1. The minimum atomic E-state index is -0.450. The SMILES string of the molecule is C#Cc1ccc2c(c1)n(CC1CCC(C(O)N3CCN(C(C)=O)CC3)CC1)c(=O)n2C. The number of rotatable bonds is 4. The predicted octanol–water partition coefficient (Wildman–Crippen LogP) is 1.61. The van der Waals surface area contributed by atoms with Crippen molar-refractivity contribution in [2.75, 3.05) is 26.2 Å². The zero-order valence-electron chi connectivity index (χ0n) is 18.5. The van der Waals surface area contributed by atoms with Crippen LogP contribution < -0.4 is 5.69 Å². The number of hydrogen-bond donors (Lipinski definition) is 1. The van der Waals surface area contributed by atoms with Gasteiger partial charge in [-0.1, -0.05) is 5.92 Å².